The predicted molar refractivity (Wildman–Crippen MR) is 116 cm³/mol. The summed E-state index contributed by atoms with van der Waals surface area (Å²) in [5, 5.41) is 2.72. The van der Waals surface area contributed by atoms with Gasteiger partial charge < -0.3 is 5.32 Å². The fourth-order valence-corrected chi connectivity index (χ4v) is 4.90. The van der Waals surface area contributed by atoms with Crippen molar-refractivity contribution in [3.63, 3.8) is 0 Å². The van der Waals surface area contributed by atoms with Crippen LogP contribution in [0.1, 0.15) is 30.9 Å². The van der Waals surface area contributed by atoms with Crippen LogP contribution in [0, 0.1) is 11.6 Å². The van der Waals surface area contributed by atoms with Crippen LogP contribution in [-0.4, -0.2) is 44.6 Å². The van der Waals surface area contributed by atoms with E-state index >= 15 is 0 Å². The van der Waals surface area contributed by atoms with Crippen LogP contribution in [0.3, 0.4) is 0 Å². The maximum atomic E-state index is 13.6. The number of anilines is 1. The number of nitrogens with zero attached hydrogens (tertiary/aromatic N) is 2. The van der Waals surface area contributed by atoms with E-state index in [1.807, 2.05) is 24.3 Å². The average molecular weight is 452 g/mol. The lowest BCUT2D eigenvalue weighted by atomic mass is 10.1. The Bertz CT molecular complexity index is 1020. The zero-order valence-corrected chi connectivity index (χ0v) is 18.5. The van der Waals surface area contributed by atoms with Crippen LogP contribution < -0.4 is 9.62 Å². The van der Waals surface area contributed by atoms with Gasteiger partial charge in [-0.1, -0.05) is 24.3 Å². The average Bonchev–Trinajstić information content (AvgIpc) is 3.22. The van der Waals surface area contributed by atoms with E-state index in [-0.39, 0.29) is 12.2 Å². The number of benzene rings is 2. The maximum Gasteiger partial charge on any atom is 0.243 e. The Hall–Kier alpha value is -2.52. The molecule has 168 valence electrons. The molecule has 6 nitrogen and oxygen atoms in total. The highest BCUT2D eigenvalue weighted by Gasteiger charge is 2.29. The van der Waals surface area contributed by atoms with Crippen LogP contribution >= 0.6 is 0 Å². The number of hydrogen-bond acceptors (Lipinski definition) is 4. The van der Waals surface area contributed by atoms with Gasteiger partial charge in [0, 0.05) is 19.2 Å². The summed E-state index contributed by atoms with van der Waals surface area (Å²) in [6.45, 7) is 4.76. The molecule has 1 atom stereocenters. The summed E-state index contributed by atoms with van der Waals surface area (Å²) >= 11 is 0. The summed E-state index contributed by atoms with van der Waals surface area (Å²) in [5.74, 6) is -2.83. The van der Waals surface area contributed by atoms with Crippen LogP contribution in [-0.2, 0) is 27.9 Å². The molecule has 1 fully saturated rings. The number of rotatable bonds is 8. The molecular formula is C22H27F2N3O3S. The van der Waals surface area contributed by atoms with E-state index in [0.717, 1.165) is 54.0 Å². The highest BCUT2D eigenvalue weighted by atomic mass is 32.2. The second-order valence-corrected chi connectivity index (χ2v) is 9.71. The molecule has 31 heavy (non-hydrogen) atoms. The molecule has 1 heterocycles. The van der Waals surface area contributed by atoms with Crippen LogP contribution in [0.25, 0.3) is 0 Å². The molecule has 1 aliphatic rings. The second kappa shape index (κ2) is 9.74. The van der Waals surface area contributed by atoms with Crippen molar-refractivity contribution in [1.29, 1.82) is 0 Å². The fraction of sp³-hybridized carbons (Fsp3) is 0.409. The monoisotopic (exact) mass is 451 g/mol. The number of carbonyl (C=O) groups is 1. The molecule has 1 saturated heterocycles. The third-order valence-corrected chi connectivity index (χ3v) is 6.58. The van der Waals surface area contributed by atoms with E-state index in [1.54, 1.807) is 0 Å². The third kappa shape index (κ3) is 6.01. The first-order chi connectivity index (χ1) is 14.6. The molecule has 0 bridgehead atoms. The topological polar surface area (TPSA) is 69.7 Å². The van der Waals surface area contributed by atoms with Gasteiger partial charge in [0.1, 0.15) is 6.04 Å². The van der Waals surface area contributed by atoms with Gasteiger partial charge >= 0.3 is 0 Å². The minimum absolute atomic E-state index is 0.115. The number of likely N-dealkylation sites (tertiary alicyclic amines) is 1. The summed E-state index contributed by atoms with van der Waals surface area (Å²) in [7, 11) is -3.91. The van der Waals surface area contributed by atoms with Crippen LogP contribution in [0.5, 0.6) is 0 Å². The third-order valence-electron chi connectivity index (χ3n) is 5.34. The lowest BCUT2D eigenvalue weighted by Gasteiger charge is -2.28. The number of hydrogen-bond donors (Lipinski definition) is 1. The number of carbonyl (C=O) groups excluding carboxylic acids is 1. The quantitative estimate of drug-likeness (QED) is 0.670. The van der Waals surface area contributed by atoms with Gasteiger partial charge in [-0.3, -0.25) is 14.0 Å². The molecule has 0 saturated carbocycles. The van der Waals surface area contributed by atoms with Gasteiger partial charge in [-0.05, 0) is 56.1 Å². The van der Waals surface area contributed by atoms with Crippen molar-refractivity contribution in [2.75, 3.05) is 23.7 Å². The predicted octanol–water partition coefficient (Wildman–Crippen LogP) is 3.03. The first kappa shape index (κ1) is 23.1. The van der Waals surface area contributed by atoms with Crippen molar-refractivity contribution in [3.8, 4) is 0 Å². The first-order valence-electron chi connectivity index (χ1n) is 10.2. The Morgan fingerprint density at radius 1 is 1.06 bits per heavy atom. The molecule has 2 aromatic carbocycles. The summed E-state index contributed by atoms with van der Waals surface area (Å²) < 4.78 is 52.2. The van der Waals surface area contributed by atoms with Crippen molar-refractivity contribution in [2.24, 2.45) is 0 Å². The van der Waals surface area contributed by atoms with Crippen LogP contribution in [0.4, 0.5) is 14.5 Å². The SMILES string of the molecule is CC(C(=O)NCc1ccc(CN2CCCC2)cc1)N(c1ccc(F)c(F)c1)S(C)(=O)=O. The summed E-state index contributed by atoms with van der Waals surface area (Å²) in [5.41, 5.74) is 1.96. The number of sulfonamides is 1. The molecule has 2 aromatic rings. The van der Waals surface area contributed by atoms with Gasteiger partial charge in [-0.25, -0.2) is 17.2 Å². The number of nitrogens with one attached hydrogen (secondary N) is 1. The standard InChI is InChI=1S/C22H27F2N3O3S/c1-16(27(31(2,29)30)19-9-10-20(23)21(24)13-19)22(28)25-14-17-5-7-18(8-6-17)15-26-11-3-4-12-26/h5-10,13,16H,3-4,11-12,14-15H2,1-2H3,(H,25,28). The van der Waals surface area contributed by atoms with E-state index < -0.39 is 33.6 Å². The molecule has 3 rings (SSSR count). The lowest BCUT2D eigenvalue weighted by molar-refractivity contribution is -0.122. The first-order valence-corrected chi connectivity index (χ1v) is 12.0. The van der Waals surface area contributed by atoms with Gasteiger partial charge in [0.25, 0.3) is 0 Å². The van der Waals surface area contributed by atoms with Crippen LogP contribution in [0.2, 0.25) is 0 Å². The molecule has 1 unspecified atom stereocenters. The summed E-state index contributed by atoms with van der Waals surface area (Å²) in [6.07, 6.45) is 3.38. The normalized spacial score (nSPS) is 15.6. The van der Waals surface area contributed by atoms with E-state index in [2.05, 4.69) is 10.2 Å². The lowest BCUT2D eigenvalue weighted by Crippen LogP contribution is -2.47. The van der Waals surface area contributed by atoms with Crippen molar-refractivity contribution in [1.82, 2.24) is 10.2 Å². The molecule has 0 aliphatic carbocycles. The minimum Gasteiger partial charge on any atom is -0.350 e. The summed E-state index contributed by atoms with van der Waals surface area (Å²) in [4.78, 5) is 15.0. The molecule has 0 spiro atoms. The number of halogens is 2. The Morgan fingerprint density at radius 3 is 2.26 bits per heavy atom. The van der Waals surface area contributed by atoms with E-state index in [9.17, 15) is 22.0 Å². The van der Waals surface area contributed by atoms with Gasteiger partial charge in [-0.2, -0.15) is 0 Å². The highest BCUT2D eigenvalue weighted by molar-refractivity contribution is 7.92. The van der Waals surface area contributed by atoms with Crippen molar-refractivity contribution in [2.45, 2.75) is 38.9 Å². The molecule has 1 aliphatic heterocycles. The largest absolute Gasteiger partial charge is 0.350 e. The minimum atomic E-state index is -3.91. The Balaban J connectivity index is 1.64. The van der Waals surface area contributed by atoms with Gasteiger partial charge in [0.05, 0.1) is 11.9 Å². The van der Waals surface area contributed by atoms with E-state index in [4.69, 9.17) is 0 Å². The second-order valence-electron chi connectivity index (χ2n) is 7.85. The zero-order chi connectivity index (χ0) is 22.6. The Morgan fingerprint density at radius 2 is 1.68 bits per heavy atom. The number of amides is 1. The van der Waals surface area contributed by atoms with Gasteiger partial charge in [0.15, 0.2) is 11.6 Å². The van der Waals surface area contributed by atoms with Gasteiger partial charge in [0.2, 0.25) is 15.9 Å². The molecule has 0 aromatic heterocycles. The highest BCUT2D eigenvalue weighted by Crippen LogP contribution is 2.23. The van der Waals surface area contributed by atoms with E-state index in [1.165, 1.54) is 25.3 Å². The molecular weight excluding hydrogens is 424 g/mol. The van der Waals surface area contributed by atoms with E-state index in [0.29, 0.717) is 0 Å². The molecule has 0 radical (unpaired) electrons. The van der Waals surface area contributed by atoms with Crippen molar-refractivity contribution < 1.29 is 22.0 Å². The fourth-order valence-electron chi connectivity index (χ4n) is 3.73. The van der Waals surface area contributed by atoms with Gasteiger partial charge in [-0.15, -0.1) is 0 Å². The Kier molecular flexibility index (Phi) is 7.27. The Labute approximate surface area is 181 Å². The van der Waals surface area contributed by atoms with Crippen molar-refractivity contribution >= 4 is 21.6 Å². The van der Waals surface area contributed by atoms with Crippen LogP contribution in [0.15, 0.2) is 42.5 Å². The zero-order valence-electron chi connectivity index (χ0n) is 17.6. The molecule has 1 amide bonds. The smallest absolute Gasteiger partial charge is 0.243 e. The van der Waals surface area contributed by atoms with Crippen molar-refractivity contribution in [3.05, 3.63) is 65.2 Å². The maximum absolute atomic E-state index is 13.6. The molecule has 9 heteroatoms. The molecule has 1 N–H and O–H groups in total. The summed E-state index contributed by atoms with van der Waals surface area (Å²) in [6, 6.07) is 9.48.